The van der Waals surface area contributed by atoms with Crippen LogP contribution in [0.4, 0.5) is 22.2 Å². The number of anilines is 3. The minimum absolute atomic E-state index is 0.222. The van der Waals surface area contributed by atoms with Gasteiger partial charge in [0.15, 0.2) is 0 Å². The molecule has 10 heteroatoms. The van der Waals surface area contributed by atoms with Gasteiger partial charge in [-0.2, -0.15) is 5.26 Å². The number of alkyl carbamates (subject to hydrolysis) is 1. The summed E-state index contributed by atoms with van der Waals surface area (Å²) in [4.78, 5) is 24.9. The molecule has 2 aromatic heterocycles. The van der Waals surface area contributed by atoms with E-state index in [4.69, 9.17) is 10.00 Å². The molecule has 1 aromatic carbocycles. The molecule has 0 atom stereocenters. The van der Waals surface area contributed by atoms with E-state index < -0.39 is 11.7 Å². The third kappa shape index (κ3) is 7.94. The molecule has 35 heavy (non-hydrogen) atoms. The Hall–Kier alpha value is -4.23. The molecule has 0 unspecified atom stereocenters. The average molecular weight is 476 g/mol. The zero-order chi connectivity index (χ0) is 25.3. The van der Waals surface area contributed by atoms with Crippen LogP contribution in [0.1, 0.15) is 31.9 Å². The van der Waals surface area contributed by atoms with Gasteiger partial charge in [0.2, 0.25) is 5.95 Å². The molecule has 2 heterocycles. The van der Waals surface area contributed by atoms with Gasteiger partial charge in [-0.05, 0) is 38.5 Å². The van der Waals surface area contributed by atoms with Crippen molar-refractivity contribution in [3.05, 3.63) is 59.9 Å². The van der Waals surface area contributed by atoms with E-state index in [9.17, 15) is 9.90 Å². The van der Waals surface area contributed by atoms with E-state index in [-0.39, 0.29) is 6.61 Å². The Balaban J connectivity index is 1.61. The topological polar surface area (TPSA) is 145 Å². The summed E-state index contributed by atoms with van der Waals surface area (Å²) >= 11 is 0. The Bertz CT molecular complexity index is 1180. The van der Waals surface area contributed by atoms with Gasteiger partial charge in [0.05, 0.1) is 36.7 Å². The number of benzene rings is 1. The van der Waals surface area contributed by atoms with Crippen molar-refractivity contribution in [2.45, 2.75) is 39.4 Å². The number of carbonyl (C=O) groups is 1. The number of nitrogens with one attached hydrogen (secondary N) is 3. The third-order valence-corrected chi connectivity index (χ3v) is 4.67. The average Bonchev–Trinajstić information content (AvgIpc) is 2.82. The van der Waals surface area contributed by atoms with Crippen LogP contribution in [-0.2, 0) is 17.8 Å². The first-order valence-electron chi connectivity index (χ1n) is 11.1. The smallest absolute Gasteiger partial charge is 0.407 e. The summed E-state index contributed by atoms with van der Waals surface area (Å²) in [5.74, 6) is 0.896. The first-order valence-corrected chi connectivity index (χ1v) is 11.1. The Morgan fingerprint density at radius 3 is 2.60 bits per heavy atom. The zero-order valence-corrected chi connectivity index (χ0v) is 20.0. The number of rotatable bonds is 9. The van der Waals surface area contributed by atoms with E-state index in [1.165, 1.54) is 0 Å². The highest BCUT2D eigenvalue weighted by molar-refractivity contribution is 5.67. The van der Waals surface area contributed by atoms with Gasteiger partial charge >= 0.3 is 6.09 Å². The summed E-state index contributed by atoms with van der Waals surface area (Å²) < 4.78 is 5.19. The van der Waals surface area contributed by atoms with Crippen LogP contribution in [0.5, 0.6) is 0 Å². The molecule has 0 aliphatic heterocycles. The van der Waals surface area contributed by atoms with E-state index in [0.717, 1.165) is 16.8 Å². The lowest BCUT2D eigenvalue weighted by molar-refractivity contribution is 0.0530. The zero-order valence-electron chi connectivity index (χ0n) is 20.0. The first kappa shape index (κ1) is 25.4. The molecule has 0 saturated carbocycles. The number of aromatic nitrogens is 3. The number of aliphatic hydroxyl groups excluding tert-OH is 1. The SMILES string of the molecule is CC(C)(C)OC(=O)NCCNc1ncc(Nc2nccc(-c3ccc(CC#N)cc3)n2)cc1CO. The summed E-state index contributed by atoms with van der Waals surface area (Å²) in [6, 6.07) is 13.3. The van der Waals surface area contributed by atoms with Crippen LogP contribution in [0.2, 0.25) is 0 Å². The number of ether oxygens (including phenoxy) is 1. The Morgan fingerprint density at radius 1 is 1.14 bits per heavy atom. The van der Waals surface area contributed by atoms with Crippen LogP contribution >= 0.6 is 0 Å². The van der Waals surface area contributed by atoms with Gasteiger partial charge in [0.1, 0.15) is 11.4 Å². The lowest BCUT2D eigenvalue weighted by atomic mass is 10.1. The van der Waals surface area contributed by atoms with Crippen LogP contribution < -0.4 is 16.0 Å². The predicted octanol–water partition coefficient (Wildman–Crippen LogP) is 3.78. The highest BCUT2D eigenvalue weighted by Crippen LogP contribution is 2.22. The van der Waals surface area contributed by atoms with E-state index in [1.807, 2.05) is 24.3 Å². The largest absolute Gasteiger partial charge is 0.444 e. The number of amides is 1. The predicted molar refractivity (Wildman–Crippen MR) is 133 cm³/mol. The highest BCUT2D eigenvalue weighted by atomic mass is 16.6. The van der Waals surface area contributed by atoms with Crippen molar-refractivity contribution >= 4 is 23.5 Å². The molecule has 1 amide bonds. The second kappa shape index (κ2) is 11.8. The van der Waals surface area contributed by atoms with Crippen molar-refractivity contribution < 1.29 is 14.6 Å². The molecule has 0 aliphatic rings. The van der Waals surface area contributed by atoms with E-state index >= 15 is 0 Å². The monoisotopic (exact) mass is 475 g/mol. The molecule has 0 aliphatic carbocycles. The van der Waals surface area contributed by atoms with Crippen LogP contribution in [0.3, 0.4) is 0 Å². The molecular formula is C25H29N7O3. The standard InChI is InChI=1S/C25H29N7O3/c1-25(2,3)35-24(34)29-13-12-27-22-19(16-33)14-20(15-30-22)31-23-28-11-9-21(32-23)18-6-4-17(5-7-18)8-10-26/h4-7,9,11,14-15,33H,8,12-13,16H2,1-3H3,(H,27,30)(H,29,34)(H,28,31,32). The van der Waals surface area contributed by atoms with Crippen molar-refractivity contribution in [3.8, 4) is 17.3 Å². The van der Waals surface area contributed by atoms with Crippen LogP contribution in [0.25, 0.3) is 11.3 Å². The van der Waals surface area contributed by atoms with E-state index in [1.54, 1.807) is 45.3 Å². The van der Waals surface area contributed by atoms with Crippen LogP contribution in [-0.4, -0.2) is 44.8 Å². The number of pyridine rings is 1. The Kier molecular flexibility index (Phi) is 8.53. The van der Waals surface area contributed by atoms with E-state index in [0.29, 0.717) is 42.5 Å². The number of carbonyl (C=O) groups excluding carboxylic acids is 1. The van der Waals surface area contributed by atoms with Crippen molar-refractivity contribution in [1.29, 1.82) is 5.26 Å². The third-order valence-electron chi connectivity index (χ3n) is 4.67. The molecule has 0 radical (unpaired) electrons. The quantitative estimate of drug-likeness (QED) is 0.340. The van der Waals surface area contributed by atoms with Crippen molar-refractivity contribution in [3.63, 3.8) is 0 Å². The first-order chi connectivity index (χ1) is 16.8. The Labute approximate surface area is 204 Å². The molecular weight excluding hydrogens is 446 g/mol. The second-order valence-electron chi connectivity index (χ2n) is 8.67. The number of hydrogen-bond acceptors (Lipinski definition) is 9. The van der Waals surface area contributed by atoms with Gasteiger partial charge < -0.3 is 25.8 Å². The van der Waals surface area contributed by atoms with Crippen molar-refractivity contribution in [1.82, 2.24) is 20.3 Å². The van der Waals surface area contributed by atoms with Gasteiger partial charge in [-0.1, -0.05) is 24.3 Å². The van der Waals surface area contributed by atoms with Gasteiger partial charge in [0, 0.05) is 30.4 Å². The molecule has 3 rings (SSSR count). The molecule has 0 bridgehead atoms. The van der Waals surface area contributed by atoms with Crippen LogP contribution in [0.15, 0.2) is 48.8 Å². The highest BCUT2D eigenvalue weighted by Gasteiger charge is 2.15. The fourth-order valence-corrected chi connectivity index (χ4v) is 3.11. The minimum Gasteiger partial charge on any atom is -0.444 e. The van der Waals surface area contributed by atoms with Gasteiger partial charge in [0.25, 0.3) is 0 Å². The molecule has 0 fully saturated rings. The summed E-state index contributed by atoms with van der Waals surface area (Å²) in [5, 5.41) is 27.5. The maximum Gasteiger partial charge on any atom is 0.407 e. The summed E-state index contributed by atoms with van der Waals surface area (Å²) in [5.41, 5.74) is 3.23. The maximum absolute atomic E-state index is 11.7. The lowest BCUT2D eigenvalue weighted by Crippen LogP contribution is -2.35. The Morgan fingerprint density at radius 2 is 1.91 bits per heavy atom. The fourth-order valence-electron chi connectivity index (χ4n) is 3.11. The van der Waals surface area contributed by atoms with Gasteiger partial charge in [-0.3, -0.25) is 0 Å². The molecule has 10 nitrogen and oxygen atoms in total. The summed E-state index contributed by atoms with van der Waals surface area (Å²) in [6.07, 6.45) is 3.13. The van der Waals surface area contributed by atoms with E-state index in [2.05, 4.69) is 37.0 Å². The van der Waals surface area contributed by atoms with Crippen molar-refractivity contribution in [2.75, 3.05) is 23.7 Å². The fraction of sp³-hybridized carbons (Fsp3) is 0.320. The second-order valence-corrected chi connectivity index (χ2v) is 8.67. The van der Waals surface area contributed by atoms with Gasteiger partial charge in [-0.25, -0.2) is 19.7 Å². The molecule has 0 spiro atoms. The van der Waals surface area contributed by atoms with Gasteiger partial charge in [-0.15, -0.1) is 0 Å². The number of aliphatic hydroxyl groups is 1. The molecule has 182 valence electrons. The molecule has 0 saturated heterocycles. The normalized spacial score (nSPS) is 10.8. The molecule has 3 aromatic rings. The number of hydrogen-bond donors (Lipinski definition) is 4. The summed E-state index contributed by atoms with van der Waals surface area (Å²) in [7, 11) is 0. The lowest BCUT2D eigenvalue weighted by Gasteiger charge is -2.19. The molecule has 4 N–H and O–H groups in total. The van der Waals surface area contributed by atoms with Crippen molar-refractivity contribution in [2.24, 2.45) is 0 Å². The maximum atomic E-state index is 11.7. The van der Waals surface area contributed by atoms with Crippen LogP contribution in [0, 0.1) is 11.3 Å². The minimum atomic E-state index is -0.558. The number of nitrogens with zero attached hydrogens (tertiary/aromatic N) is 4. The number of nitriles is 1. The summed E-state index contributed by atoms with van der Waals surface area (Å²) in [6.45, 7) is 5.92.